The number of nitrogens with one attached hydrogen (secondary N) is 1. The van der Waals surface area contributed by atoms with Crippen LogP contribution in [0.3, 0.4) is 0 Å². The van der Waals surface area contributed by atoms with Crippen LogP contribution in [-0.2, 0) is 15.0 Å². The zero-order valence-corrected chi connectivity index (χ0v) is 19.0. The molecule has 1 fully saturated rings. The van der Waals surface area contributed by atoms with Crippen molar-refractivity contribution < 1.29 is 14.4 Å². The van der Waals surface area contributed by atoms with Gasteiger partial charge in [-0.25, -0.2) is 0 Å². The molecule has 0 spiro atoms. The summed E-state index contributed by atoms with van der Waals surface area (Å²) in [7, 11) is 0. The average molecular weight is 477 g/mol. The summed E-state index contributed by atoms with van der Waals surface area (Å²) in [4.78, 5) is 40.3. The Balaban J connectivity index is 1.45. The molecule has 1 saturated heterocycles. The molecule has 33 heavy (non-hydrogen) atoms. The molecule has 0 saturated carbocycles. The molecule has 1 aliphatic heterocycles. The van der Waals surface area contributed by atoms with Crippen molar-refractivity contribution in [2.75, 3.05) is 0 Å². The highest BCUT2D eigenvalue weighted by atomic mass is 35.5. The Labute approximate surface area is 200 Å². The van der Waals surface area contributed by atoms with Gasteiger partial charge in [0.15, 0.2) is 0 Å². The van der Waals surface area contributed by atoms with Crippen molar-refractivity contribution in [3.8, 4) is 0 Å². The number of hydrogen-bond acceptors (Lipinski definition) is 3. The first-order valence-corrected chi connectivity index (χ1v) is 11.4. The molecule has 4 aliphatic rings. The van der Waals surface area contributed by atoms with Crippen LogP contribution in [0.25, 0.3) is 0 Å². The second-order valence-corrected chi connectivity index (χ2v) is 9.78. The Hall–Kier alpha value is -3.15. The fourth-order valence-electron chi connectivity index (χ4n) is 6.10. The van der Waals surface area contributed by atoms with Gasteiger partial charge in [0, 0.05) is 16.4 Å². The summed E-state index contributed by atoms with van der Waals surface area (Å²) in [6.45, 7) is 2.03. The number of nitrogens with zero attached hydrogens (tertiary/aromatic N) is 1. The van der Waals surface area contributed by atoms with E-state index in [0.29, 0.717) is 5.02 Å². The lowest BCUT2D eigenvalue weighted by molar-refractivity contribution is -0.143. The number of hydrazine groups is 1. The molecule has 164 valence electrons. The summed E-state index contributed by atoms with van der Waals surface area (Å²) in [5, 5.41) is 1.42. The maximum atomic E-state index is 13.7. The number of carbonyl (C=O) groups excluding carboxylic acids is 3. The van der Waals surface area contributed by atoms with Gasteiger partial charge in [0.05, 0.1) is 22.4 Å². The van der Waals surface area contributed by atoms with Gasteiger partial charge in [-0.2, -0.15) is 5.01 Å². The number of carbonyl (C=O) groups is 3. The lowest BCUT2D eigenvalue weighted by Crippen LogP contribution is -2.52. The first-order chi connectivity index (χ1) is 15.8. The Morgan fingerprint density at radius 3 is 2.12 bits per heavy atom. The van der Waals surface area contributed by atoms with Crippen molar-refractivity contribution >= 4 is 40.9 Å². The van der Waals surface area contributed by atoms with Crippen LogP contribution >= 0.6 is 23.2 Å². The third-order valence-electron chi connectivity index (χ3n) is 7.43. The maximum absolute atomic E-state index is 13.7. The van der Waals surface area contributed by atoms with E-state index in [-0.39, 0.29) is 16.5 Å². The van der Waals surface area contributed by atoms with E-state index in [1.807, 2.05) is 55.5 Å². The molecule has 7 heteroatoms. The van der Waals surface area contributed by atoms with Gasteiger partial charge in [0.25, 0.3) is 17.7 Å². The quantitative estimate of drug-likeness (QED) is 0.544. The highest BCUT2D eigenvalue weighted by molar-refractivity contribution is 6.36. The fourth-order valence-corrected chi connectivity index (χ4v) is 6.59. The largest absolute Gasteiger partial charge is 0.272 e. The number of benzene rings is 3. The molecule has 3 aliphatic carbocycles. The van der Waals surface area contributed by atoms with Gasteiger partial charge in [0.1, 0.15) is 0 Å². The summed E-state index contributed by atoms with van der Waals surface area (Å²) >= 11 is 12.1. The van der Waals surface area contributed by atoms with E-state index >= 15 is 0 Å². The van der Waals surface area contributed by atoms with E-state index in [0.717, 1.165) is 27.3 Å². The third kappa shape index (κ3) is 2.58. The molecule has 1 N–H and O–H groups in total. The van der Waals surface area contributed by atoms with Crippen molar-refractivity contribution in [3.63, 3.8) is 0 Å². The minimum absolute atomic E-state index is 0.136. The number of halogens is 2. The van der Waals surface area contributed by atoms with E-state index in [1.54, 1.807) is 0 Å². The molecule has 0 radical (unpaired) electrons. The second-order valence-electron chi connectivity index (χ2n) is 8.93. The standard InChI is InChI=1S/C26H18Cl2N2O3/c1-26-17-8-4-2-6-14(17)20(15-7-3-5-9-18(15)26)21-22(26)25(33)30(24(21)32)29-23(31)16-11-10-13(27)12-19(16)28/h2-12,20-22H,1H3,(H,29,31). The van der Waals surface area contributed by atoms with Gasteiger partial charge in [-0.1, -0.05) is 78.7 Å². The molecule has 5 nitrogen and oxygen atoms in total. The maximum Gasteiger partial charge on any atom is 0.271 e. The van der Waals surface area contributed by atoms with Crippen LogP contribution in [-0.4, -0.2) is 22.7 Å². The monoisotopic (exact) mass is 476 g/mol. The minimum Gasteiger partial charge on any atom is -0.272 e. The van der Waals surface area contributed by atoms with Crippen LogP contribution in [0.4, 0.5) is 0 Å². The first-order valence-electron chi connectivity index (χ1n) is 10.7. The van der Waals surface area contributed by atoms with Gasteiger partial charge in [-0.15, -0.1) is 0 Å². The van der Waals surface area contributed by atoms with E-state index in [1.165, 1.54) is 18.2 Å². The normalized spacial score (nSPS) is 26.6. The predicted octanol–water partition coefficient (Wildman–Crippen LogP) is 4.70. The zero-order valence-electron chi connectivity index (χ0n) is 17.5. The summed E-state index contributed by atoms with van der Waals surface area (Å²) < 4.78 is 0. The molecule has 0 aromatic heterocycles. The first kappa shape index (κ1) is 20.5. The van der Waals surface area contributed by atoms with Gasteiger partial charge < -0.3 is 0 Å². The molecule has 2 unspecified atom stereocenters. The van der Waals surface area contributed by atoms with Crippen molar-refractivity contribution in [1.82, 2.24) is 10.4 Å². The SMILES string of the molecule is CC12c3ccccc3C(c3ccccc31)C1C(=O)N(NC(=O)c3ccc(Cl)cc3Cl)C(=O)C12. The highest BCUT2D eigenvalue weighted by Gasteiger charge is 2.66. The van der Waals surface area contributed by atoms with Crippen molar-refractivity contribution in [1.29, 1.82) is 0 Å². The van der Waals surface area contributed by atoms with Crippen LogP contribution < -0.4 is 5.43 Å². The van der Waals surface area contributed by atoms with E-state index in [2.05, 4.69) is 5.43 Å². The van der Waals surface area contributed by atoms with Crippen molar-refractivity contribution in [2.24, 2.45) is 11.8 Å². The molecule has 2 atom stereocenters. The summed E-state index contributed by atoms with van der Waals surface area (Å²) in [6.07, 6.45) is 0. The molecule has 3 aromatic rings. The number of rotatable bonds is 2. The molecule has 3 amide bonds. The van der Waals surface area contributed by atoms with Crippen molar-refractivity contribution in [3.05, 3.63) is 105 Å². The van der Waals surface area contributed by atoms with Gasteiger partial charge >= 0.3 is 0 Å². The van der Waals surface area contributed by atoms with E-state index < -0.39 is 35.0 Å². The zero-order chi connectivity index (χ0) is 23.1. The van der Waals surface area contributed by atoms with Gasteiger partial charge in [-0.3, -0.25) is 19.8 Å². The van der Waals surface area contributed by atoms with Crippen LogP contribution in [0.15, 0.2) is 66.7 Å². The lowest BCUT2D eigenvalue weighted by atomic mass is 9.48. The fraction of sp³-hybridized carbons (Fsp3) is 0.192. The summed E-state index contributed by atoms with van der Waals surface area (Å²) in [5.74, 6) is -2.89. The molecular weight excluding hydrogens is 459 g/mol. The predicted molar refractivity (Wildman–Crippen MR) is 124 cm³/mol. The number of amides is 3. The van der Waals surface area contributed by atoms with E-state index in [9.17, 15) is 14.4 Å². The second kappa shape index (κ2) is 6.92. The minimum atomic E-state index is -0.684. The highest BCUT2D eigenvalue weighted by Crippen LogP contribution is 2.63. The Bertz CT molecular complexity index is 1340. The smallest absolute Gasteiger partial charge is 0.271 e. The average Bonchev–Trinajstić information content (AvgIpc) is 3.05. The molecular formula is C26H18Cl2N2O3. The lowest BCUT2D eigenvalue weighted by Gasteiger charge is -2.52. The number of hydrogen-bond donors (Lipinski definition) is 1. The molecule has 2 bridgehead atoms. The van der Waals surface area contributed by atoms with Crippen LogP contribution in [0.2, 0.25) is 10.0 Å². The molecule has 1 heterocycles. The van der Waals surface area contributed by atoms with Crippen molar-refractivity contribution in [2.45, 2.75) is 18.3 Å². The third-order valence-corrected chi connectivity index (χ3v) is 7.98. The summed E-state index contributed by atoms with van der Waals surface area (Å²) in [6, 6.07) is 20.5. The molecule has 3 aromatic carbocycles. The Kier molecular flexibility index (Phi) is 4.29. The number of imide groups is 1. The topological polar surface area (TPSA) is 66.5 Å². The molecule has 7 rings (SSSR count). The van der Waals surface area contributed by atoms with Crippen LogP contribution in [0.5, 0.6) is 0 Å². The van der Waals surface area contributed by atoms with Crippen LogP contribution in [0, 0.1) is 11.8 Å². The van der Waals surface area contributed by atoms with Crippen LogP contribution in [0.1, 0.15) is 45.5 Å². The Morgan fingerprint density at radius 1 is 0.909 bits per heavy atom. The van der Waals surface area contributed by atoms with E-state index in [4.69, 9.17) is 23.2 Å². The van der Waals surface area contributed by atoms with Gasteiger partial charge in [-0.05, 0) is 40.5 Å². The van der Waals surface area contributed by atoms with Gasteiger partial charge in [0.2, 0.25) is 0 Å². The Morgan fingerprint density at radius 2 is 1.52 bits per heavy atom. The summed E-state index contributed by atoms with van der Waals surface area (Å²) in [5.41, 5.74) is 6.22.